The van der Waals surface area contributed by atoms with E-state index >= 15 is 0 Å². The molecule has 1 saturated carbocycles. The van der Waals surface area contributed by atoms with Crippen LogP contribution >= 0.6 is 11.6 Å². The first-order valence-electron chi connectivity index (χ1n) is 8.57. The lowest BCUT2D eigenvalue weighted by Gasteiger charge is -2.25. The number of methoxy groups -OCH3 is 1. The predicted molar refractivity (Wildman–Crippen MR) is 95.0 cm³/mol. The average molecular weight is 369 g/mol. The highest BCUT2D eigenvalue weighted by molar-refractivity contribution is 6.29. The van der Waals surface area contributed by atoms with Crippen LogP contribution in [0.4, 0.5) is 10.6 Å². The molecule has 25 heavy (non-hydrogen) atoms. The lowest BCUT2D eigenvalue weighted by molar-refractivity contribution is 0.0280. The van der Waals surface area contributed by atoms with Crippen molar-refractivity contribution in [2.75, 3.05) is 25.5 Å². The molecule has 2 aliphatic rings. The predicted octanol–water partition coefficient (Wildman–Crippen LogP) is 3.20. The number of aromatic nitrogens is 2. The molecule has 2 fully saturated rings. The number of amides is 1. The van der Waals surface area contributed by atoms with Gasteiger partial charge in [0.2, 0.25) is 0 Å². The Kier molecular flexibility index (Phi) is 4.95. The molecule has 1 aromatic rings. The summed E-state index contributed by atoms with van der Waals surface area (Å²) >= 11 is 5.85. The highest BCUT2D eigenvalue weighted by Gasteiger charge is 2.43. The molecule has 1 aliphatic carbocycles. The Hall–Kier alpha value is -1.76. The molecule has 0 aromatic carbocycles. The maximum atomic E-state index is 12.2. The van der Waals surface area contributed by atoms with Crippen LogP contribution in [0, 0.1) is 11.8 Å². The number of carbonyl (C=O) groups is 1. The fraction of sp³-hybridized carbons (Fsp3) is 0.706. The molecule has 8 heteroatoms. The van der Waals surface area contributed by atoms with E-state index < -0.39 is 5.60 Å². The van der Waals surface area contributed by atoms with Gasteiger partial charge >= 0.3 is 6.09 Å². The van der Waals surface area contributed by atoms with Crippen molar-refractivity contribution in [3.8, 4) is 5.75 Å². The van der Waals surface area contributed by atoms with Crippen LogP contribution in [0.2, 0.25) is 5.15 Å². The second kappa shape index (κ2) is 6.86. The second-order valence-corrected chi connectivity index (χ2v) is 8.19. The van der Waals surface area contributed by atoms with Gasteiger partial charge in [-0.05, 0) is 45.4 Å². The van der Waals surface area contributed by atoms with Crippen molar-refractivity contribution in [1.29, 1.82) is 0 Å². The molecule has 2 heterocycles. The van der Waals surface area contributed by atoms with Gasteiger partial charge in [0.1, 0.15) is 5.60 Å². The first-order chi connectivity index (χ1) is 11.7. The van der Waals surface area contributed by atoms with Crippen LogP contribution in [-0.4, -0.2) is 53.0 Å². The molecular formula is C17H25ClN4O3. The molecule has 1 saturated heterocycles. The van der Waals surface area contributed by atoms with Gasteiger partial charge in [-0.15, -0.1) is 10.2 Å². The maximum Gasteiger partial charge on any atom is 0.410 e. The van der Waals surface area contributed by atoms with E-state index in [4.69, 9.17) is 21.1 Å². The first kappa shape index (κ1) is 18.0. The molecule has 1 amide bonds. The molecule has 7 nitrogen and oxygen atoms in total. The van der Waals surface area contributed by atoms with E-state index in [0.717, 1.165) is 25.9 Å². The summed E-state index contributed by atoms with van der Waals surface area (Å²) in [6, 6.07) is 1.94. The quantitative estimate of drug-likeness (QED) is 0.882. The van der Waals surface area contributed by atoms with Gasteiger partial charge < -0.3 is 19.7 Å². The number of carbonyl (C=O) groups excluding carboxylic acids is 1. The van der Waals surface area contributed by atoms with Gasteiger partial charge in [-0.25, -0.2) is 4.79 Å². The summed E-state index contributed by atoms with van der Waals surface area (Å²) in [5.41, 5.74) is -0.456. The average Bonchev–Trinajstić information content (AvgIpc) is 3.05. The van der Waals surface area contributed by atoms with Crippen molar-refractivity contribution in [1.82, 2.24) is 15.1 Å². The van der Waals surface area contributed by atoms with E-state index in [1.54, 1.807) is 13.2 Å². The van der Waals surface area contributed by atoms with Crippen molar-refractivity contribution >= 4 is 23.5 Å². The lowest BCUT2D eigenvalue weighted by Crippen LogP contribution is -2.36. The number of hydrogen-bond donors (Lipinski definition) is 1. The van der Waals surface area contributed by atoms with Crippen LogP contribution < -0.4 is 10.1 Å². The summed E-state index contributed by atoms with van der Waals surface area (Å²) in [5, 5.41) is 11.7. The van der Waals surface area contributed by atoms with Crippen molar-refractivity contribution < 1.29 is 14.3 Å². The summed E-state index contributed by atoms with van der Waals surface area (Å²) < 4.78 is 10.8. The molecule has 3 rings (SSSR count). The molecule has 3 atom stereocenters. The molecule has 0 radical (unpaired) electrons. The van der Waals surface area contributed by atoms with E-state index in [0.29, 0.717) is 34.6 Å². The van der Waals surface area contributed by atoms with Gasteiger partial charge in [-0.2, -0.15) is 0 Å². The second-order valence-electron chi connectivity index (χ2n) is 7.80. The molecular weight excluding hydrogens is 344 g/mol. The molecule has 0 unspecified atom stereocenters. The highest BCUT2D eigenvalue weighted by atomic mass is 35.5. The van der Waals surface area contributed by atoms with E-state index in [1.807, 2.05) is 25.7 Å². The minimum Gasteiger partial charge on any atom is -0.493 e. The van der Waals surface area contributed by atoms with Crippen LogP contribution in [0.5, 0.6) is 5.75 Å². The maximum absolute atomic E-state index is 12.2. The fourth-order valence-corrected chi connectivity index (χ4v) is 3.83. The van der Waals surface area contributed by atoms with Gasteiger partial charge in [0.15, 0.2) is 16.7 Å². The summed E-state index contributed by atoms with van der Waals surface area (Å²) in [7, 11) is 1.58. The fourth-order valence-electron chi connectivity index (χ4n) is 3.69. The third-order valence-electron chi connectivity index (χ3n) is 4.69. The smallest absolute Gasteiger partial charge is 0.410 e. The van der Waals surface area contributed by atoms with Crippen LogP contribution in [-0.2, 0) is 4.74 Å². The van der Waals surface area contributed by atoms with E-state index in [9.17, 15) is 4.79 Å². The van der Waals surface area contributed by atoms with Gasteiger partial charge in [-0.3, -0.25) is 0 Å². The standard InChI is InChI=1S/C17H25ClN4O3/c1-17(2,3)25-16(23)22-8-10-5-12(6-11(10)9-22)19-15-13(24-4)7-14(18)20-21-15/h7,10-12H,5-6,8-9H2,1-4H3,(H,19,21)/t10-,11+,12+. The van der Waals surface area contributed by atoms with Gasteiger partial charge in [0, 0.05) is 25.2 Å². The Morgan fingerprint density at radius 2 is 1.92 bits per heavy atom. The topological polar surface area (TPSA) is 76.6 Å². The largest absolute Gasteiger partial charge is 0.493 e. The first-order valence-corrected chi connectivity index (χ1v) is 8.94. The van der Waals surface area contributed by atoms with E-state index in [1.165, 1.54) is 0 Å². The summed E-state index contributed by atoms with van der Waals surface area (Å²) in [5.74, 6) is 2.17. The Balaban J connectivity index is 1.56. The lowest BCUT2D eigenvalue weighted by atomic mass is 10.0. The third kappa shape index (κ3) is 4.26. The van der Waals surface area contributed by atoms with Gasteiger partial charge in [0.05, 0.1) is 7.11 Å². The van der Waals surface area contributed by atoms with Crippen molar-refractivity contribution in [2.45, 2.75) is 45.3 Å². The molecule has 0 bridgehead atoms. The van der Waals surface area contributed by atoms with Crippen molar-refractivity contribution in [3.05, 3.63) is 11.2 Å². The molecule has 0 spiro atoms. The zero-order chi connectivity index (χ0) is 18.2. The number of nitrogens with zero attached hydrogens (tertiary/aromatic N) is 3. The van der Waals surface area contributed by atoms with Crippen molar-refractivity contribution in [2.24, 2.45) is 11.8 Å². The number of rotatable bonds is 3. The number of hydrogen-bond acceptors (Lipinski definition) is 6. The molecule has 1 aromatic heterocycles. The van der Waals surface area contributed by atoms with Crippen LogP contribution in [0.3, 0.4) is 0 Å². The normalized spacial score (nSPS) is 25.6. The minimum atomic E-state index is -0.456. The Bertz CT molecular complexity index is 635. The Morgan fingerprint density at radius 1 is 1.28 bits per heavy atom. The summed E-state index contributed by atoms with van der Waals surface area (Å²) in [6.07, 6.45) is 1.76. The Labute approximate surface area is 153 Å². The third-order valence-corrected chi connectivity index (χ3v) is 4.88. The number of nitrogens with one attached hydrogen (secondary N) is 1. The zero-order valence-electron chi connectivity index (χ0n) is 15.1. The summed E-state index contributed by atoms with van der Waals surface area (Å²) in [4.78, 5) is 14.1. The highest BCUT2D eigenvalue weighted by Crippen LogP contribution is 2.40. The molecule has 1 N–H and O–H groups in total. The molecule has 138 valence electrons. The van der Waals surface area contributed by atoms with Crippen molar-refractivity contribution in [3.63, 3.8) is 0 Å². The van der Waals surface area contributed by atoms with Crippen LogP contribution in [0.1, 0.15) is 33.6 Å². The van der Waals surface area contributed by atoms with Crippen LogP contribution in [0.15, 0.2) is 6.07 Å². The minimum absolute atomic E-state index is 0.211. The molecule has 1 aliphatic heterocycles. The number of ether oxygens (including phenoxy) is 2. The van der Waals surface area contributed by atoms with Gasteiger partial charge in [0.25, 0.3) is 0 Å². The van der Waals surface area contributed by atoms with E-state index in [-0.39, 0.29) is 6.09 Å². The zero-order valence-corrected chi connectivity index (χ0v) is 15.8. The number of fused-ring (bicyclic) bond motifs is 1. The monoisotopic (exact) mass is 368 g/mol. The number of halogens is 1. The summed E-state index contributed by atoms with van der Waals surface area (Å²) in [6.45, 7) is 7.18. The van der Waals surface area contributed by atoms with Crippen LogP contribution in [0.25, 0.3) is 0 Å². The Morgan fingerprint density at radius 3 is 2.48 bits per heavy atom. The van der Waals surface area contributed by atoms with Gasteiger partial charge in [-0.1, -0.05) is 11.6 Å². The SMILES string of the molecule is COc1cc(Cl)nnc1N[C@H]1C[C@@H]2CN(C(=O)OC(C)(C)C)C[C@@H]2C1. The van der Waals surface area contributed by atoms with E-state index in [2.05, 4.69) is 15.5 Å². The number of likely N-dealkylation sites (tertiary alicyclic amines) is 1. The number of anilines is 1.